The molecule has 9 nitrogen and oxygen atoms in total. The van der Waals surface area contributed by atoms with Gasteiger partial charge >= 0.3 is 0 Å². The number of hydrogen-bond acceptors (Lipinski definition) is 8. The zero-order chi connectivity index (χ0) is 22.6. The molecule has 9 heteroatoms. The first kappa shape index (κ1) is 21.4. The summed E-state index contributed by atoms with van der Waals surface area (Å²) in [6.45, 7) is 9.07. The van der Waals surface area contributed by atoms with E-state index in [0.717, 1.165) is 61.7 Å². The highest BCUT2D eigenvalue weighted by atomic mass is 16.5. The highest BCUT2D eigenvalue weighted by Gasteiger charge is 2.21. The molecule has 3 aromatic rings. The molecular weight excluding hydrogens is 416 g/mol. The standard InChI is InChI=1S/C24H30N8O/c1-18-16-20(19(2)32(18)21-8-4-3-5-9-21)17-25-29-22-26-23(30-10-6-7-11-30)28-24(27-22)31-12-14-33-15-13-31/h3-5,8-9,16-17H,6-7,10-15H2,1-2H3,(H,26,27,28,29)/b25-17-. The van der Waals surface area contributed by atoms with Crippen molar-refractivity contribution >= 4 is 24.1 Å². The molecule has 5 rings (SSSR count). The summed E-state index contributed by atoms with van der Waals surface area (Å²) >= 11 is 0. The van der Waals surface area contributed by atoms with E-state index in [1.807, 2.05) is 24.4 Å². The molecular formula is C24H30N8O. The molecule has 0 saturated carbocycles. The molecule has 33 heavy (non-hydrogen) atoms. The van der Waals surface area contributed by atoms with Crippen molar-refractivity contribution in [1.29, 1.82) is 0 Å². The molecule has 2 aliphatic heterocycles. The van der Waals surface area contributed by atoms with Gasteiger partial charge in [0.15, 0.2) is 0 Å². The number of ether oxygens (including phenoxy) is 1. The van der Waals surface area contributed by atoms with Gasteiger partial charge in [-0.1, -0.05) is 18.2 Å². The number of nitrogens with zero attached hydrogens (tertiary/aromatic N) is 7. The van der Waals surface area contributed by atoms with Gasteiger partial charge in [0.25, 0.3) is 0 Å². The Labute approximate surface area is 194 Å². The van der Waals surface area contributed by atoms with Crippen LogP contribution in [0.4, 0.5) is 17.8 Å². The molecule has 2 saturated heterocycles. The molecule has 0 bridgehead atoms. The van der Waals surface area contributed by atoms with Gasteiger partial charge < -0.3 is 19.1 Å². The van der Waals surface area contributed by atoms with Crippen LogP contribution in [0.5, 0.6) is 0 Å². The first-order valence-corrected chi connectivity index (χ1v) is 11.6. The summed E-state index contributed by atoms with van der Waals surface area (Å²) in [7, 11) is 0. The Hall–Kier alpha value is -3.46. The number of aromatic nitrogens is 4. The van der Waals surface area contributed by atoms with Crippen molar-refractivity contribution < 1.29 is 4.74 Å². The summed E-state index contributed by atoms with van der Waals surface area (Å²) in [6.07, 6.45) is 4.16. The molecule has 0 atom stereocenters. The maximum absolute atomic E-state index is 5.49. The van der Waals surface area contributed by atoms with Crippen LogP contribution in [0.3, 0.4) is 0 Å². The van der Waals surface area contributed by atoms with Crippen LogP contribution in [0.2, 0.25) is 0 Å². The second kappa shape index (κ2) is 9.58. The first-order chi connectivity index (χ1) is 16.2. The zero-order valence-electron chi connectivity index (χ0n) is 19.2. The highest BCUT2D eigenvalue weighted by molar-refractivity contribution is 5.82. The maximum atomic E-state index is 5.49. The highest BCUT2D eigenvalue weighted by Crippen LogP contribution is 2.22. The lowest BCUT2D eigenvalue weighted by Crippen LogP contribution is -2.38. The van der Waals surface area contributed by atoms with Crippen LogP contribution >= 0.6 is 0 Å². The van der Waals surface area contributed by atoms with Gasteiger partial charge in [0, 0.05) is 48.8 Å². The Kier molecular flexibility index (Phi) is 6.21. The van der Waals surface area contributed by atoms with E-state index in [9.17, 15) is 0 Å². The predicted octanol–water partition coefficient (Wildman–Crippen LogP) is 3.16. The number of benzene rings is 1. The molecule has 2 aromatic heterocycles. The van der Waals surface area contributed by atoms with E-state index in [0.29, 0.717) is 31.1 Å². The number of aryl methyl sites for hydroxylation is 1. The fourth-order valence-corrected chi connectivity index (χ4v) is 4.42. The molecule has 0 aliphatic carbocycles. The summed E-state index contributed by atoms with van der Waals surface area (Å²) in [5.74, 6) is 1.85. The van der Waals surface area contributed by atoms with E-state index >= 15 is 0 Å². The van der Waals surface area contributed by atoms with Crippen LogP contribution in [-0.4, -0.2) is 65.1 Å². The van der Waals surface area contributed by atoms with Crippen molar-refractivity contribution in [2.24, 2.45) is 5.10 Å². The molecule has 0 amide bonds. The second-order valence-electron chi connectivity index (χ2n) is 8.42. The van der Waals surface area contributed by atoms with Crippen LogP contribution in [-0.2, 0) is 4.74 Å². The Morgan fingerprint density at radius 1 is 0.909 bits per heavy atom. The van der Waals surface area contributed by atoms with Gasteiger partial charge in [-0.3, -0.25) is 0 Å². The van der Waals surface area contributed by atoms with Crippen LogP contribution < -0.4 is 15.2 Å². The number of anilines is 3. The Balaban J connectivity index is 1.38. The van der Waals surface area contributed by atoms with Crippen molar-refractivity contribution in [3.8, 4) is 5.69 Å². The number of para-hydroxylation sites is 1. The first-order valence-electron chi connectivity index (χ1n) is 11.6. The average Bonchev–Trinajstić information content (AvgIpc) is 3.48. The van der Waals surface area contributed by atoms with Gasteiger partial charge in [0.2, 0.25) is 17.8 Å². The smallest absolute Gasteiger partial charge is 0.250 e. The van der Waals surface area contributed by atoms with Crippen LogP contribution in [0.15, 0.2) is 41.5 Å². The number of rotatable bonds is 6. The molecule has 1 aromatic carbocycles. The minimum absolute atomic E-state index is 0.460. The molecule has 4 heterocycles. The van der Waals surface area contributed by atoms with Gasteiger partial charge in [0.1, 0.15) is 0 Å². The third-order valence-corrected chi connectivity index (χ3v) is 6.15. The lowest BCUT2D eigenvalue weighted by Gasteiger charge is -2.27. The summed E-state index contributed by atoms with van der Waals surface area (Å²) in [4.78, 5) is 18.4. The Morgan fingerprint density at radius 2 is 1.58 bits per heavy atom. The van der Waals surface area contributed by atoms with Crippen LogP contribution in [0.25, 0.3) is 5.69 Å². The lowest BCUT2D eigenvalue weighted by atomic mass is 10.2. The summed E-state index contributed by atoms with van der Waals surface area (Å²) < 4.78 is 7.71. The number of hydrogen-bond donors (Lipinski definition) is 1. The Morgan fingerprint density at radius 3 is 2.27 bits per heavy atom. The normalized spacial score (nSPS) is 16.7. The molecule has 0 radical (unpaired) electrons. The van der Waals surface area contributed by atoms with Gasteiger partial charge in [-0.15, -0.1) is 0 Å². The third kappa shape index (κ3) is 4.68. The number of morpholine rings is 1. The van der Waals surface area contributed by atoms with Crippen LogP contribution in [0, 0.1) is 13.8 Å². The van der Waals surface area contributed by atoms with E-state index in [1.165, 1.54) is 0 Å². The summed E-state index contributed by atoms with van der Waals surface area (Å²) in [5.41, 5.74) is 7.52. The van der Waals surface area contributed by atoms with Crippen molar-refractivity contribution in [2.75, 3.05) is 54.6 Å². The molecule has 1 N–H and O–H groups in total. The van der Waals surface area contributed by atoms with E-state index in [4.69, 9.17) is 9.72 Å². The van der Waals surface area contributed by atoms with Gasteiger partial charge in [0.05, 0.1) is 19.4 Å². The van der Waals surface area contributed by atoms with Gasteiger partial charge in [-0.25, -0.2) is 5.43 Å². The van der Waals surface area contributed by atoms with E-state index in [1.54, 1.807) is 0 Å². The minimum atomic E-state index is 0.460. The van der Waals surface area contributed by atoms with E-state index < -0.39 is 0 Å². The van der Waals surface area contributed by atoms with Crippen LogP contribution in [0.1, 0.15) is 29.8 Å². The third-order valence-electron chi connectivity index (χ3n) is 6.15. The summed E-state index contributed by atoms with van der Waals surface area (Å²) in [6, 6.07) is 12.5. The van der Waals surface area contributed by atoms with Crippen molar-refractivity contribution in [1.82, 2.24) is 19.5 Å². The second-order valence-corrected chi connectivity index (χ2v) is 8.42. The number of hydrazone groups is 1. The molecule has 0 unspecified atom stereocenters. The average molecular weight is 447 g/mol. The van der Waals surface area contributed by atoms with Crippen molar-refractivity contribution in [3.63, 3.8) is 0 Å². The number of nitrogens with one attached hydrogen (secondary N) is 1. The van der Waals surface area contributed by atoms with Crippen molar-refractivity contribution in [2.45, 2.75) is 26.7 Å². The van der Waals surface area contributed by atoms with Gasteiger partial charge in [-0.05, 0) is 44.9 Å². The lowest BCUT2D eigenvalue weighted by molar-refractivity contribution is 0.122. The fraction of sp³-hybridized carbons (Fsp3) is 0.417. The van der Waals surface area contributed by atoms with Gasteiger partial charge in [-0.2, -0.15) is 20.1 Å². The monoisotopic (exact) mass is 446 g/mol. The molecule has 0 spiro atoms. The Bertz CT molecular complexity index is 1110. The topological polar surface area (TPSA) is 83.7 Å². The minimum Gasteiger partial charge on any atom is -0.378 e. The predicted molar refractivity (Wildman–Crippen MR) is 131 cm³/mol. The maximum Gasteiger partial charge on any atom is 0.250 e. The van der Waals surface area contributed by atoms with E-state index in [-0.39, 0.29) is 0 Å². The summed E-state index contributed by atoms with van der Waals surface area (Å²) in [5, 5.41) is 4.47. The van der Waals surface area contributed by atoms with Crippen molar-refractivity contribution in [3.05, 3.63) is 53.3 Å². The quantitative estimate of drug-likeness (QED) is 0.460. The zero-order valence-corrected chi connectivity index (χ0v) is 19.2. The molecule has 2 fully saturated rings. The fourth-order valence-electron chi connectivity index (χ4n) is 4.42. The molecule has 172 valence electrons. The largest absolute Gasteiger partial charge is 0.378 e. The van der Waals surface area contributed by atoms with E-state index in [2.05, 4.69) is 66.9 Å². The SMILES string of the molecule is Cc1cc(/C=N\Nc2nc(N3CCCC3)nc(N3CCOCC3)n2)c(C)n1-c1ccccc1. The molecule has 2 aliphatic rings.